The largest absolute Gasteiger partial charge is 0.455 e. The van der Waals surface area contributed by atoms with E-state index in [2.05, 4.69) is 5.32 Å². The maximum atomic E-state index is 13.0. The highest BCUT2D eigenvalue weighted by atomic mass is 32.2. The highest BCUT2D eigenvalue weighted by molar-refractivity contribution is 7.89. The van der Waals surface area contributed by atoms with Crippen molar-refractivity contribution in [2.45, 2.75) is 24.7 Å². The second-order valence-electron chi connectivity index (χ2n) is 7.86. The molecule has 0 saturated carbocycles. The molecule has 1 N–H and O–H groups in total. The Morgan fingerprint density at radius 1 is 0.969 bits per heavy atom. The van der Waals surface area contributed by atoms with E-state index in [0.29, 0.717) is 31.9 Å². The predicted molar refractivity (Wildman–Crippen MR) is 114 cm³/mol. The number of carbonyl (C=O) groups excluding carboxylic acids is 2. The number of amides is 3. The SMILES string of the molecule is Cc1oc(C(=O)N2CCN(C(=O)Nc3ccc(F)cc3)CC2)cc1S(=O)(=O)N1CCCC1. The smallest absolute Gasteiger partial charge is 0.321 e. The minimum absolute atomic E-state index is 0.0236. The Bertz CT molecular complexity index is 1100. The molecule has 1 aromatic heterocycles. The Kier molecular flexibility index (Phi) is 6.20. The van der Waals surface area contributed by atoms with E-state index in [4.69, 9.17) is 4.42 Å². The van der Waals surface area contributed by atoms with Crippen LogP contribution in [0.4, 0.5) is 14.9 Å². The van der Waals surface area contributed by atoms with Crippen molar-refractivity contribution in [2.24, 2.45) is 0 Å². The molecule has 1 aromatic carbocycles. The quantitative estimate of drug-likeness (QED) is 0.749. The van der Waals surface area contributed by atoms with Crippen molar-refractivity contribution in [2.75, 3.05) is 44.6 Å². The van der Waals surface area contributed by atoms with Gasteiger partial charge >= 0.3 is 6.03 Å². The van der Waals surface area contributed by atoms with E-state index in [-0.39, 0.29) is 41.4 Å². The Hall–Kier alpha value is -2.92. The van der Waals surface area contributed by atoms with E-state index in [0.717, 1.165) is 12.8 Å². The Labute approximate surface area is 185 Å². The van der Waals surface area contributed by atoms with Crippen molar-refractivity contribution < 1.29 is 26.8 Å². The summed E-state index contributed by atoms with van der Waals surface area (Å²) in [5.41, 5.74) is 0.479. The molecule has 0 unspecified atom stereocenters. The third-order valence-corrected chi connectivity index (χ3v) is 7.72. The molecule has 9 nitrogen and oxygen atoms in total. The third kappa shape index (κ3) is 4.49. The summed E-state index contributed by atoms with van der Waals surface area (Å²) in [5, 5.41) is 2.70. The minimum atomic E-state index is -3.68. The molecule has 2 fully saturated rings. The molecule has 2 saturated heterocycles. The summed E-state index contributed by atoms with van der Waals surface area (Å²) in [6.45, 7) is 3.65. The number of carbonyl (C=O) groups is 2. The normalized spacial score (nSPS) is 17.6. The van der Waals surface area contributed by atoms with Gasteiger partial charge in [0.1, 0.15) is 16.5 Å². The van der Waals surface area contributed by atoms with E-state index >= 15 is 0 Å². The number of halogens is 1. The van der Waals surface area contributed by atoms with Gasteiger partial charge < -0.3 is 19.5 Å². The van der Waals surface area contributed by atoms with Crippen LogP contribution in [0.15, 0.2) is 39.6 Å². The fourth-order valence-corrected chi connectivity index (χ4v) is 5.58. The molecule has 0 atom stereocenters. The number of nitrogens with zero attached hydrogens (tertiary/aromatic N) is 3. The lowest BCUT2D eigenvalue weighted by molar-refractivity contribution is 0.0639. The molecule has 172 valence electrons. The van der Waals surface area contributed by atoms with Crippen molar-refractivity contribution in [1.29, 1.82) is 0 Å². The molecule has 2 aliphatic rings. The summed E-state index contributed by atoms with van der Waals surface area (Å²) in [6, 6.07) is 6.43. The third-order valence-electron chi connectivity index (χ3n) is 5.72. The number of anilines is 1. The van der Waals surface area contributed by atoms with Gasteiger partial charge in [0, 0.05) is 51.0 Å². The number of sulfonamides is 1. The van der Waals surface area contributed by atoms with E-state index in [9.17, 15) is 22.4 Å². The number of rotatable bonds is 4. The molecule has 2 aromatic rings. The maximum absolute atomic E-state index is 13.0. The van der Waals surface area contributed by atoms with E-state index in [1.54, 1.807) is 4.90 Å². The molecule has 11 heteroatoms. The summed E-state index contributed by atoms with van der Waals surface area (Å²) >= 11 is 0. The zero-order chi connectivity index (χ0) is 22.9. The van der Waals surface area contributed by atoms with Crippen LogP contribution in [0, 0.1) is 12.7 Å². The monoisotopic (exact) mass is 464 g/mol. The lowest BCUT2D eigenvalue weighted by Gasteiger charge is -2.34. The van der Waals surface area contributed by atoms with Crippen molar-refractivity contribution >= 4 is 27.6 Å². The topological polar surface area (TPSA) is 103 Å². The van der Waals surface area contributed by atoms with Crippen LogP contribution in [0.1, 0.15) is 29.2 Å². The lowest BCUT2D eigenvalue weighted by atomic mass is 10.3. The molecule has 2 aliphatic heterocycles. The van der Waals surface area contributed by atoms with E-state index < -0.39 is 15.9 Å². The highest BCUT2D eigenvalue weighted by Crippen LogP contribution is 2.27. The fraction of sp³-hybridized carbons (Fsp3) is 0.429. The molecule has 0 bridgehead atoms. The molecular weight excluding hydrogens is 439 g/mol. The van der Waals surface area contributed by atoms with Crippen LogP contribution in [0.5, 0.6) is 0 Å². The molecule has 0 aliphatic carbocycles. The molecular formula is C21H25FN4O5S. The Morgan fingerprint density at radius 3 is 2.19 bits per heavy atom. The number of aryl methyl sites for hydroxylation is 1. The van der Waals surface area contributed by atoms with Crippen LogP contribution in [-0.4, -0.2) is 73.7 Å². The zero-order valence-electron chi connectivity index (χ0n) is 17.7. The van der Waals surface area contributed by atoms with Gasteiger partial charge in [-0.25, -0.2) is 17.6 Å². The van der Waals surface area contributed by atoms with E-state index in [1.807, 2.05) is 0 Å². The number of furan rings is 1. The Morgan fingerprint density at radius 2 is 1.56 bits per heavy atom. The number of hydrogen-bond donors (Lipinski definition) is 1. The van der Waals surface area contributed by atoms with Crippen LogP contribution in [0.25, 0.3) is 0 Å². The number of hydrogen-bond acceptors (Lipinski definition) is 5. The van der Waals surface area contributed by atoms with Gasteiger partial charge in [0.15, 0.2) is 5.76 Å². The fourth-order valence-electron chi connectivity index (χ4n) is 3.90. The van der Waals surface area contributed by atoms with Crippen molar-refractivity contribution in [3.8, 4) is 0 Å². The van der Waals surface area contributed by atoms with Gasteiger partial charge in [-0.3, -0.25) is 4.79 Å². The number of urea groups is 1. The minimum Gasteiger partial charge on any atom is -0.455 e. The standard InChI is InChI=1S/C21H25FN4O5S/c1-15-19(32(29,30)26-8-2-3-9-26)14-18(31-15)20(27)24-10-12-25(13-11-24)21(28)23-17-6-4-16(22)5-7-17/h4-7,14H,2-3,8-13H2,1H3,(H,23,28). The number of nitrogens with one attached hydrogen (secondary N) is 1. The molecule has 4 rings (SSSR count). The number of piperazine rings is 1. The molecule has 0 spiro atoms. The summed E-state index contributed by atoms with van der Waals surface area (Å²) in [6.07, 6.45) is 1.64. The molecule has 0 radical (unpaired) electrons. The first-order valence-corrected chi connectivity index (χ1v) is 11.9. The lowest BCUT2D eigenvalue weighted by Crippen LogP contribution is -2.51. The van der Waals surface area contributed by atoms with Gasteiger partial charge in [-0.1, -0.05) is 0 Å². The molecule has 32 heavy (non-hydrogen) atoms. The van der Waals surface area contributed by atoms with Gasteiger partial charge in [-0.05, 0) is 44.0 Å². The maximum Gasteiger partial charge on any atom is 0.321 e. The van der Waals surface area contributed by atoms with Crippen molar-refractivity contribution in [1.82, 2.24) is 14.1 Å². The highest BCUT2D eigenvalue weighted by Gasteiger charge is 2.33. The van der Waals surface area contributed by atoms with Crippen LogP contribution >= 0.6 is 0 Å². The van der Waals surface area contributed by atoms with Gasteiger partial charge in [-0.15, -0.1) is 0 Å². The van der Waals surface area contributed by atoms with Crippen molar-refractivity contribution in [3.05, 3.63) is 47.7 Å². The summed E-state index contributed by atoms with van der Waals surface area (Å²) in [4.78, 5) is 28.4. The summed E-state index contributed by atoms with van der Waals surface area (Å²) < 4.78 is 45.6. The van der Waals surface area contributed by atoms with Gasteiger partial charge in [0.05, 0.1) is 0 Å². The van der Waals surface area contributed by atoms with Gasteiger partial charge in [0.25, 0.3) is 5.91 Å². The second kappa shape index (κ2) is 8.91. The van der Waals surface area contributed by atoms with Crippen LogP contribution in [-0.2, 0) is 10.0 Å². The molecule has 3 amide bonds. The first-order chi connectivity index (χ1) is 15.3. The van der Waals surface area contributed by atoms with Crippen LogP contribution < -0.4 is 5.32 Å². The Balaban J connectivity index is 1.37. The summed E-state index contributed by atoms with van der Waals surface area (Å²) in [5.74, 6) is -0.628. The first-order valence-electron chi connectivity index (χ1n) is 10.5. The molecule has 3 heterocycles. The van der Waals surface area contributed by atoms with Crippen molar-refractivity contribution in [3.63, 3.8) is 0 Å². The predicted octanol–water partition coefficient (Wildman–Crippen LogP) is 2.50. The van der Waals surface area contributed by atoms with Gasteiger partial charge in [0.2, 0.25) is 10.0 Å². The average molecular weight is 465 g/mol. The first kappa shape index (κ1) is 22.3. The zero-order valence-corrected chi connectivity index (χ0v) is 18.5. The van der Waals surface area contributed by atoms with E-state index in [1.165, 1.54) is 46.5 Å². The van der Waals surface area contributed by atoms with Crippen LogP contribution in [0.2, 0.25) is 0 Å². The summed E-state index contributed by atoms with van der Waals surface area (Å²) in [7, 11) is -3.68. The average Bonchev–Trinajstić information content (AvgIpc) is 3.46. The van der Waals surface area contributed by atoms with Gasteiger partial charge in [-0.2, -0.15) is 4.31 Å². The number of benzene rings is 1. The van der Waals surface area contributed by atoms with Crippen LogP contribution in [0.3, 0.4) is 0 Å². The second-order valence-corrected chi connectivity index (χ2v) is 9.76.